The van der Waals surface area contributed by atoms with Gasteiger partial charge in [0.1, 0.15) is 5.75 Å². The molecule has 0 saturated carbocycles. The Morgan fingerprint density at radius 1 is 1.17 bits per heavy atom. The summed E-state index contributed by atoms with van der Waals surface area (Å²) in [7, 11) is 1.73. The second kappa shape index (κ2) is 8.95. The standard InChI is InChI=1S/C15H25NO2/c1-4-10-16-14(12-17-3)13-8-6-7-9-15(13)18-11-5-2/h6-9,14,16H,4-5,10-12H2,1-3H3. The van der Waals surface area contributed by atoms with Crippen LogP contribution in [0.1, 0.15) is 38.3 Å². The van der Waals surface area contributed by atoms with Crippen LogP contribution in [0.3, 0.4) is 0 Å². The van der Waals surface area contributed by atoms with Crippen molar-refractivity contribution < 1.29 is 9.47 Å². The van der Waals surface area contributed by atoms with Gasteiger partial charge in [0.05, 0.1) is 19.3 Å². The van der Waals surface area contributed by atoms with Gasteiger partial charge in [-0.25, -0.2) is 0 Å². The third kappa shape index (κ3) is 4.67. The van der Waals surface area contributed by atoms with Crippen molar-refractivity contribution in [1.29, 1.82) is 0 Å². The van der Waals surface area contributed by atoms with Crippen molar-refractivity contribution in [3.05, 3.63) is 29.8 Å². The topological polar surface area (TPSA) is 30.5 Å². The summed E-state index contributed by atoms with van der Waals surface area (Å²) in [6, 6.07) is 8.39. The maximum Gasteiger partial charge on any atom is 0.124 e. The SMILES string of the molecule is CCCNC(COC)c1ccccc1OCCC. The molecule has 0 amide bonds. The average molecular weight is 251 g/mol. The van der Waals surface area contributed by atoms with E-state index in [1.807, 2.05) is 18.2 Å². The van der Waals surface area contributed by atoms with Crippen molar-refractivity contribution in [3.63, 3.8) is 0 Å². The van der Waals surface area contributed by atoms with Gasteiger partial charge in [0.25, 0.3) is 0 Å². The number of hydrogen-bond donors (Lipinski definition) is 1. The van der Waals surface area contributed by atoms with Gasteiger partial charge in [0, 0.05) is 12.7 Å². The normalized spacial score (nSPS) is 12.4. The predicted molar refractivity (Wildman–Crippen MR) is 75.1 cm³/mol. The lowest BCUT2D eigenvalue weighted by Gasteiger charge is -2.21. The summed E-state index contributed by atoms with van der Waals surface area (Å²) in [5, 5.41) is 3.50. The highest BCUT2D eigenvalue weighted by Gasteiger charge is 2.14. The van der Waals surface area contributed by atoms with E-state index < -0.39 is 0 Å². The third-order valence-corrected chi connectivity index (χ3v) is 2.73. The van der Waals surface area contributed by atoms with Crippen LogP contribution in [0, 0.1) is 0 Å². The van der Waals surface area contributed by atoms with Gasteiger partial charge in [-0.3, -0.25) is 0 Å². The van der Waals surface area contributed by atoms with Crippen LogP contribution in [0.4, 0.5) is 0 Å². The molecule has 0 aliphatic heterocycles. The Bertz CT molecular complexity index is 328. The summed E-state index contributed by atoms with van der Waals surface area (Å²) in [6.45, 7) is 6.67. The van der Waals surface area contributed by atoms with Crippen LogP contribution < -0.4 is 10.1 Å². The Morgan fingerprint density at radius 2 is 1.94 bits per heavy atom. The van der Waals surface area contributed by atoms with Crippen LogP contribution in [0.25, 0.3) is 0 Å². The largest absolute Gasteiger partial charge is 0.493 e. The number of rotatable bonds is 9. The van der Waals surface area contributed by atoms with Crippen molar-refractivity contribution in [2.24, 2.45) is 0 Å². The first-order valence-electron chi connectivity index (χ1n) is 6.77. The Hall–Kier alpha value is -1.06. The fourth-order valence-electron chi connectivity index (χ4n) is 1.86. The van der Waals surface area contributed by atoms with E-state index in [1.54, 1.807) is 7.11 Å². The van der Waals surface area contributed by atoms with Crippen molar-refractivity contribution in [3.8, 4) is 5.75 Å². The molecule has 1 N–H and O–H groups in total. The van der Waals surface area contributed by atoms with E-state index >= 15 is 0 Å². The molecule has 1 unspecified atom stereocenters. The number of nitrogens with one attached hydrogen (secondary N) is 1. The van der Waals surface area contributed by atoms with Gasteiger partial charge in [-0.15, -0.1) is 0 Å². The maximum absolute atomic E-state index is 5.80. The molecule has 0 heterocycles. The molecule has 0 bridgehead atoms. The van der Waals surface area contributed by atoms with Crippen molar-refractivity contribution in [2.75, 3.05) is 26.9 Å². The molecule has 0 radical (unpaired) electrons. The molecule has 3 nitrogen and oxygen atoms in total. The van der Waals surface area contributed by atoms with Crippen LogP contribution in [-0.2, 0) is 4.74 Å². The fraction of sp³-hybridized carbons (Fsp3) is 0.600. The number of benzene rings is 1. The number of hydrogen-bond acceptors (Lipinski definition) is 3. The van der Waals surface area contributed by atoms with Gasteiger partial charge in [-0.1, -0.05) is 32.0 Å². The van der Waals surface area contributed by atoms with Crippen LogP contribution in [0.15, 0.2) is 24.3 Å². The molecule has 0 aromatic heterocycles. The number of para-hydroxylation sites is 1. The zero-order valence-electron chi connectivity index (χ0n) is 11.7. The number of methoxy groups -OCH3 is 1. The van der Waals surface area contributed by atoms with Gasteiger partial charge in [-0.2, -0.15) is 0 Å². The fourth-order valence-corrected chi connectivity index (χ4v) is 1.86. The van der Waals surface area contributed by atoms with E-state index in [0.29, 0.717) is 6.61 Å². The van der Waals surface area contributed by atoms with E-state index in [-0.39, 0.29) is 6.04 Å². The Morgan fingerprint density at radius 3 is 2.61 bits per heavy atom. The molecule has 102 valence electrons. The highest BCUT2D eigenvalue weighted by Crippen LogP contribution is 2.25. The summed E-state index contributed by atoms with van der Waals surface area (Å²) in [5.74, 6) is 0.963. The van der Waals surface area contributed by atoms with Crippen molar-refractivity contribution in [1.82, 2.24) is 5.32 Å². The van der Waals surface area contributed by atoms with E-state index in [2.05, 4.69) is 25.2 Å². The summed E-state index contributed by atoms with van der Waals surface area (Å²) >= 11 is 0. The van der Waals surface area contributed by atoms with Gasteiger partial charge < -0.3 is 14.8 Å². The molecule has 1 rings (SSSR count). The minimum absolute atomic E-state index is 0.197. The first-order chi connectivity index (χ1) is 8.83. The summed E-state index contributed by atoms with van der Waals surface area (Å²) in [6.07, 6.45) is 2.13. The molecular formula is C15H25NO2. The molecule has 1 aromatic carbocycles. The molecular weight excluding hydrogens is 226 g/mol. The van der Waals surface area contributed by atoms with Gasteiger partial charge in [0.2, 0.25) is 0 Å². The molecule has 1 atom stereocenters. The van der Waals surface area contributed by atoms with E-state index in [4.69, 9.17) is 9.47 Å². The van der Waals surface area contributed by atoms with Crippen LogP contribution in [-0.4, -0.2) is 26.9 Å². The van der Waals surface area contributed by atoms with Crippen LogP contribution >= 0.6 is 0 Å². The second-order valence-electron chi connectivity index (χ2n) is 4.35. The lowest BCUT2D eigenvalue weighted by atomic mass is 10.1. The zero-order chi connectivity index (χ0) is 13.2. The molecule has 0 aliphatic rings. The van der Waals surface area contributed by atoms with Gasteiger partial charge in [-0.05, 0) is 25.5 Å². The second-order valence-corrected chi connectivity index (χ2v) is 4.35. The zero-order valence-corrected chi connectivity index (χ0v) is 11.7. The molecule has 0 saturated heterocycles. The first kappa shape index (κ1) is 15.0. The molecule has 0 aliphatic carbocycles. The van der Waals surface area contributed by atoms with Crippen molar-refractivity contribution in [2.45, 2.75) is 32.7 Å². The summed E-state index contributed by atoms with van der Waals surface area (Å²) in [5.41, 5.74) is 1.18. The van der Waals surface area contributed by atoms with Crippen molar-refractivity contribution >= 4 is 0 Å². The highest BCUT2D eigenvalue weighted by molar-refractivity contribution is 5.36. The van der Waals surface area contributed by atoms with Crippen LogP contribution in [0.2, 0.25) is 0 Å². The Labute approximate surface area is 110 Å². The average Bonchev–Trinajstić information content (AvgIpc) is 2.41. The van der Waals surface area contributed by atoms with E-state index in [9.17, 15) is 0 Å². The number of ether oxygens (including phenoxy) is 2. The monoisotopic (exact) mass is 251 g/mol. The molecule has 1 aromatic rings. The third-order valence-electron chi connectivity index (χ3n) is 2.73. The maximum atomic E-state index is 5.80. The molecule has 18 heavy (non-hydrogen) atoms. The van der Waals surface area contributed by atoms with Gasteiger partial charge in [0.15, 0.2) is 0 Å². The first-order valence-corrected chi connectivity index (χ1v) is 6.77. The predicted octanol–water partition coefficient (Wildman–Crippen LogP) is 3.16. The van der Waals surface area contributed by atoms with E-state index in [1.165, 1.54) is 5.56 Å². The molecule has 0 spiro atoms. The van der Waals surface area contributed by atoms with Gasteiger partial charge >= 0.3 is 0 Å². The van der Waals surface area contributed by atoms with E-state index in [0.717, 1.165) is 31.7 Å². The summed E-state index contributed by atoms with van der Waals surface area (Å²) in [4.78, 5) is 0. The van der Waals surface area contributed by atoms with Crippen LogP contribution in [0.5, 0.6) is 5.75 Å². The minimum Gasteiger partial charge on any atom is -0.493 e. The molecule has 0 fully saturated rings. The lowest BCUT2D eigenvalue weighted by molar-refractivity contribution is 0.165. The summed E-state index contributed by atoms with van der Waals surface area (Å²) < 4.78 is 11.1. The Balaban J connectivity index is 2.80. The Kier molecular flexibility index (Phi) is 7.46. The quantitative estimate of drug-likeness (QED) is 0.731. The minimum atomic E-state index is 0.197. The lowest BCUT2D eigenvalue weighted by Crippen LogP contribution is -2.26. The smallest absolute Gasteiger partial charge is 0.124 e. The molecule has 3 heteroatoms. The highest BCUT2D eigenvalue weighted by atomic mass is 16.5.